The summed E-state index contributed by atoms with van der Waals surface area (Å²) in [5.41, 5.74) is 0. The molecule has 2 rings (SSSR count). The van der Waals surface area contributed by atoms with Crippen molar-refractivity contribution in [2.45, 2.75) is 6.42 Å². The van der Waals surface area contributed by atoms with Crippen LogP contribution in [0.5, 0.6) is 11.5 Å². The van der Waals surface area contributed by atoms with Crippen molar-refractivity contribution in [2.24, 2.45) is 7.05 Å². The Labute approximate surface area is 126 Å². The molecule has 2 aromatic rings. The van der Waals surface area contributed by atoms with Gasteiger partial charge >= 0.3 is 0 Å². The zero-order chi connectivity index (χ0) is 15.1. The molecule has 0 aliphatic carbocycles. The summed E-state index contributed by atoms with van der Waals surface area (Å²) >= 11 is 0. The first-order chi connectivity index (χ1) is 10.2. The highest BCUT2D eigenvalue weighted by Crippen LogP contribution is 2.18. The third-order valence-electron chi connectivity index (χ3n) is 3.42. The summed E-state index contributed by atoms with van der Waals surface area (Å²) in [6.07, 6.45) is 4.75. The van der Waals surface area contributed by atoms with Gasteiger partial charge in [-0.25, -0.2) is 4.98 Å². The minimum atomic E-state index is 0.657. The summed E-state index contributed by atoms with van der Waals surface area (Å²) in [5.74, 6) is 2.76. The van der Waals surface area contributed by atoms with Crippen molar-refractivity contribution in [2.75, 3.05) is 33.9 Å². The number of likely N-dealkylation sites (N-methyl/N-ethyl adjacent to an activating group) is 1. The minimum Gasteiger partial charge on any atom is -0.497 e. The number of aromatic nitrogens is 2. The van der Waals surface area contributed by atoms with Gasteiger partial charge in [0.15, 0.2) is 0 Å². The van der Waals surface area contributed by atoms with E-state index in [9.17, 15) is 0 Å². The molecule has 21 heavy (non-hydrogen) atoms. The molecule has 114 valence electrons. The molecule has 0 radical (unpaired) electrons. The van der Waals surface area contributed by atoms with E-state index in [1.165, 1.54) is 0 Å². The van der Waals surface area contributed by atoms with Crippen molar-refractivity contribution in [1.29, 1.82) is 0 Å². The standard InChI is InChI=1S/C16H23N3O2/c1-18(9-7-16-17-8-10-19(16)2)11-12-21-15-6-4-5-14(13-15)20-3/h4-6,8,10,13H,7,9,11-12H2,1-3H3. The van der Waals surface area contributed by atoms with Crippen LogP contribution in [0.1, 0.15) is 5.82 Å². The van der Waals surface area contributed by atoms with Gasteiger partial charge in [-0.3, -0.25) is 0 Å². The van der Waals surface area contributed by atoms with Gasteiger partial charge in [0.2, 0.25) is 0 Å². The smallest absolute Gasteiger partial charge is 0.123 e. The molecule has 0 spiro atoms. The van der Waals surface area contributed by atoms with Crippen LogP contribution in [-0.4, -0.2) is 48.3 Å². The summed E-state index contributed by atoms with van der Waals surface area (Å²) in [4.78, 5) is 6.57. The van der Waals surface area contributed by atoms with E-state index >= 15 is 0 Å². The lowest BCUT2D eigenvalue weighted by Crippen LogP contribution is -2.27. The second-order valence-corrected chi connectivity index (χ2v) is 5.04. The molecule has 0 bridgehead atoms. The van der Waals surface area contributed by atoms with Gasteiger partial charge < -0.3 is 18.9 Å². The molecule has 0 fully saturated rings. The predicted molar refractivity (Wildman–Crippen MR) is 82.9 cm³/mol. The number of ether oxygens (including phenoxy) is 2. The van der Waals surface area contributed by atoms with E-state index in [1.807, 2.05) is 43.7 Å². The predicted octanol–water partition coefficient (Wildman–Crippen LogP) is 1.98. The quantitative estimate of drug-likeness (QED) is 0.745. The Morgan fingerprint density at radius 2 is 2.05 bits per heavy atom. The summed E-state index contributed by atoms with van der Waals surface area (Å²) in [5, 5.41) is 0. The molecule has 0 N–H and O–H groups in total. The van der Waals surface area contributed by atoms with Gasteiger partial charge in [-0.15, -0.1) is 0 Å². The number of nitrogens with zero attached hydrogens (tertiary/aromatic N) is 3. The maximum Gasteiger partial charge on any atom is 0.123 e. The van der Waals surface area contributed by atoms with Crippen molar-refractivity contribution in [3.05, 3.63) is 42.5 Å². The molecule has 0 aliphatic rings. The Bertz CT molecular complexity index is 554. The van der Waals surface area contributed by atoms with Gasteiger partial charge in [0.1, 0.15) is 23.9 Å². The van der Waals surface area contributed by atoms with Gasteiger partial charge in [0.05, 0.1) is 7.11 Å². The molecule has 1 aromatic heterocycles. The number of methoxy groups -OCH3 is 1. The van der Waals surface area contributed by atoms with Crippen LogP contribution in [0.25, 0.3) is 0 Å². The van der Waals surface area contributed by atoms with Crippen molar-refractivity contribution < 1.29 is 9.47 Å². The number of rotatable bonds is 8. The van der Waals surface area contributed by atoms with Crippen molar-refractivity contribution in [3.63, 3.8) is 0 Å². The monoisotopic (exact) mass is 289 g/mol. The zero-order valence-corrected chi connectivity index (χ0v) is 13.0. The molecule has 0 amide bonds. The number of aryl methyl sites for hydroxylation is 1. The van der Waals surface area contributed by atoms with Crippen molar-refractivity contribution >= 4 is 0 Å². The third-order valence-corrected chi connectivity index (χ3v) is 3.42. The topological polar surface area (TPSA) is 39.5 Å². The van der Waals surface area contributed by atoms with Crippen LogP contribution in [-0.2, 0) is 13.5 Å². The minimum absolute atomic E-state index is 0.657. The summed E-state index contributed by atoms with van der Waals surface area (Å²) < 4.78 is 13.0. The molecule has 1 aromatic carbocycles. The van der Waals surface area contributed by atoms with E-state index < -0.39 is 0 Å². The van der Waals surface area contributed by atoms with Crippen LogP contribution < -0.4 is 9.47 Å². The molecule has 5 nitrogen and oxygen atoms in total. The fourth-order valence-electron chi connectivity index (χ4n) is 2.05. The average Bonchev–Trinajstić information content (AvgIpc) is 2.91. The summed E-state index contributed by atoms with van der Waals surface area (Å²) in [6.45, 7) is 2.50. The molecule has 0 atom stereocenters. The number of benzene rings is 1. The van der Waals surface area contributed by atoms with E-state index in [1.54, 1.807) is 7.11 Å². The van der Waals surface area contributed by atoms with Gasteiger partial charge in [0.25, 0.3) is 0 Å². The van der Waals surface area contributed by atoms with E-state index in [4.69, 9.17) is 9.47 Å². The van der Waals surface area contributed by atoms with Gasteiger partial charge in [-0.1, -0.05) is 6.07 Å². The maximum absolute atomic E-state index is 5.74. The molecule has 5 heteroatoms. The Kier molecular flexibility index (Phi) is 5.63. The molecule has 0 aliphatic heterocycles. The normalized spacial score (nSPS) is 10.9. The van der Waals surface area contributed by atoms with E-state index in [0.717, 1.165) is 36.8 Å². The fourth-order valence-corrected chi connectivity index (χ4v) is 2.05. The van der Waals surface area contributed by atoms with E-state index in [2.05, 4.69) is 21.5 Å². The Balaban J connectivity index is 1.69. The maximum atomic E-state index is 5.74. The van der Waals surface area contributed by atoms with Crippen LogP contribution in [0, 0.1) is 0 Å². The van der Waals surface area contributed by atoms with Crippen LogP contribution in [0.3, 0.4) is 0 Å². The number of hydrogen-bond donors (Lipinski definition) is 0. The molecule has 0 saturated carbocycles. The van der Waals surface area contributed by atoms with Crippen molar-refractivity contribution in [3.8, 4) is 11.5 Å². The molecule has 0 unspecified atom stereocenters. The van der Waals surface area contributed by atoms with Crippen LogP contribution >= 0.6 is 0 Å². The largest absolute Gasteiger partial charge is 0.497 e. The van der Waals surface area contributed by atoms with E-state index in [-0.39, 0.29) is 0 Å². The van der Waals surface area contributed by atoms with Crippen LogP contribution in [0.4, 0.5) is 0 Å². The first-order valence-corrected chi connectivity index (χ1v) is 7.10. The highest BCUT2D eigenvalue weighted by atomic mass is 16.5. The number of imidazole rings is 1. The lowest BCUT2D eigenvalue weighted by atomic mass is 10.3. The molecular formula is C16H23N3O2. The zero-order valence-electron chi connectivity index (χ0n) is 13.0. The average molecular weight is 289 g/mol. The lowest BCUT2D eigenvalue weighted by Gasteiger charge is -2.17. The van der Waals surface area contributed by atoms with Crippen LogP contribution in [0.15, 0.2) is 36.7 Å². The Morgan fingerprint density at radius 3 is 2.76 bits per heavy atom. The first kappa shape index (κ1) is 15.4. The van der Waals surface area contributed by atoms with Crippen LogP contribution in [0.2, 0.25) is 0 Å². The highest BCUT2D eigenvalue weighted by Gasteiger charge is 2.03. The Hall–Kier alpha value is -2.01. The summed E-state index contributed by atoms with van der Waals surface area (Å²) in [7, 11) is 5.77. The second-order valence-electron chi connectivity index (χ2n) is 5.04. The molecule has 1 heterocycles. The SMILES string of the molecule is COc1cccc(OCCN(C)CCc2nccn2C)c1. The fraction of sp³-hybridized carbons (Fsp3) is 0.438. The molecular weight excluding hydrogens is 266 g/mol. The Morgan fingerprint density at radius 1 is 1.24 bits per heavy atom. The van der Waals surface area contributed by atoms with Gasteiger partial charge in [-0.2, -0.15) is 0 Å². The third kappa shape index (κ3) is 4.79. The highest BCUT2D eigenvalue weighted by molar-refractivity contribution is 5.32. The van der Waals surface area contributed by atoms with Gasteiger partial charge in [0, 0.05) is 45.0 Å². The van der Waals surface area contributed by atoms with Crippen molar-refractivity contribution in [1.82, 2.24) is 14.5 Å². The van der Waals surface area contributed by atoms with E-state index in [0.29, 0.717) is 6.61 Å². The van der Waals surface area contributed by atoms with Gasteiger partial charge in [-0.05, 0) is 19.2 Å². The second kappa shape index (κ2) is 7.69. The first-order valence-electron chi connectivity index (χ1n) is 7.10. The summed E-state index contributed by atoms with van der Waals surface area (Å²) in [6, 6.07) is 7.68. The number of hydrogen-bond acceptors (Lipinski definition) is 4. The lowest BCUT2D eigenvalue weighted by molar-refractivity contribution is 0.237. The molecule has 0 saturated heterocycles.